The normalized spacial score (nSPS) is 20.6. The van der Waals surface area contributed by atoms with E-state index in [1.165, 1.54) is 11.3 Å². The van der Waals surface area contributed by atoms with Gasteiger partial charge in [-0.2, -0.15) is 0 Å². The van der Waals surface area contributed by atoms with E-state index in [0.29, 0.717) is 16.8 Å². The first-order valence-corrected chi connectivity index (χ1v) is 7.31. The molecule has 2 rings (SSSR count). The Morgan fingerprint density at radius 1 is 1.56 bits per heavy atom. The van der Waals surface area contributed by atoms with Crippen LogP contribution in [-0.2, 0) is 10.0 Å². The first kappa shape index (κ1) is 13.9. The van der Waals surface area contributed by atoms with Crippen LogP contribution in [0.4, 0.5) is 0 Å². The van der Waals surface area contributed by atoms with Crippen LogP contribution < -0.4 is 10.0 Å². The van der Waals surface area contributed by atoms with Gasteiger partial charge >= 0.3 is 0 Å². The molecule has 0 amide bonds. The smallest absolute Gasteiger partial charge is 0.250 e. The van der Waals surface area contributed by atoms with Gasteiger partial charge in [-0.05, 0) is 30.8 Å². The third kappa shape index (κ3) is 3.43. The summed E-state index contributed by atoms with van der Waals surface area (Å²) in [5.74, 6) is 0. The molecule has 7 heteroatoms. The molecule has 1 fully saturated rings. The standard InChI is InChI=1S/C9H14N2O2S2.ClH/c12-15(13,9-4-2-6-14-9)11-7-8-3-1-5-10-8;/h2,4,6,8,10-11H,1,3,5,7H2;1H. The minimum absolute atomic E-state index is 0. The second-order valence-electron chi connectivity index (χ2n) is 3.58. The van der Waals surface area contributed by atoms with Crippen molar-refractivity contribution in [1.29, 1.82) is 0 Å². The highest BCUT2D eigenvalue weighted by Gasteiger charge is 2.19. The SMILES string of the molecule is Cl.O=S(=O)(NCC1CCCN1)c1cccs1. The van der Waals surface area contributed by atoms with Crippen LogP contribution in [0.15, 0.2) is 21.7 Å². The summed E-state index contributed by atoms with van der Waals surface area (Å²) in [5, 5.41) is 5.02. The van der Waals surface area contributed by atoms with Crippen molar-refractivity contribution < 1.29 is 8.42 Å². The molecule has 16 heavy (non-hydrogen) atoms. The first-order valence-electron chi connectivity index (χ1n) is 4.95. The Morgan fingerprint density at radius 3 is 2.94 bits per heavy atom. The van der Waals surface area contributed by atoms with Gasteiger partial charge in [0.2, 0.25) is 10.0 Å². The van der Waals surface area contributed by atoms with E-state index in [4.69, 9.17) is 0 Å². The van der Waals surface area contributed by atoms with E-state index in [0.717, 1.165) is 19.4 Å². The molecule has 2 heterocycles. The summed E-state index contributed by atoms with van der Waals surface area (Å²) < 4.78 is 26.5. The Morgan fingerprint density at radius 2 is 2.38 bits per heavy atom. The summed E-state index contributed by atoms with van der Waals surface area (Å²) in [7, 11) is -3.28. The van der Waals surface area contributed by atoms with Crippen molar-refractivity contribution in [2.24, 2.45) is 0 Å². The molecule has 1 aliphatic rings. The van der Waals surface area contributed by atoms with Gasteiger partial charge in [0.15, 0.2) is 0 Å². The summed E-state index contributed by atoms with van der Waals surface area (Å²) in [6.45, 7) is 1.48. The molecule has 1 aromatic heterocycles. The molecule has 2 N–H and O–H groups in total. The van der Waals surface area contributed by atoms with Crippen LogP contribution in [0.3, 0.4) is 0 Å². The van der Waals surface area contributed by atoms with E-state index in [9.17, 15) is 8.42 Å². The fourth-order valence-corrected chi connectivity index (χ4v) is 3.75. The quantitative estimate of drug-likeness (QED) is 0.872. The second kappa shape index (κ2) is 5.97. The lowest BCUT2D eigenvalue weighted by Crippen LogP contribution is -2.36. The van der Waals surface area contributed by atoms with Crippen molar-refractivity contribution >= 4 is 33.8 Å². The minimum atomic E-state index is -3.28. The predicted octanol–water partition coefficient (Wildman–Crippen LogP) is 1.20. The summed E-state index contributed by atoms with van der Waals surface area (Å²) in [4.78, 5) is 0. The average molecular weight is 283 g/mol. The molecule has 1 unspecified atom stereocenters. The summed E-state index contributed by atoms with van der Waals surface area (Å²) in [6.07, 6.45) is 2.18. The number of rotatable bonds is 4. The van der Waals surface area contributed by atoms with E-state index < -0.39 is 10.0 Å². The van der Waals surface area contributed by atoms with Gasteiger partial charge < -0.3 is 5.32 Å². The van der Waals surface area contributed by atoms with Crippen molar-refractivity contribution in [2.45, 2.75) is 23.1 Å². The van der Waals surface area contributed by atoms with Crippen LogP contribution in [0.2, 0.25) is 0 Å². The zero-order chi connectivity index (χ0) is 10.7. The van der Waals surface area contributed by atoms with Gasteiger partial charge in [-0.15, -0.1) is 23.7 Å². The lowest BCUT2D eigenvalue weighted by atomic mass is 10.2. The van der Waals surface area contributed by atoms with Gasteiger partial charge in [-0.25, -0.2) is 13.1 Å². The van der Waals surface area contributed by atoms with E-state index in [2.05, 4.69) is 10.0 Å². The Balaban J connectivity index is 0.00000128. The Hall–Kier alpha value is -0.140. The predicted molar refractivity (Wildman–Crippen MR) is 67.8 cm³/mol. The van der Waals surface area contributed by atoms with Crippen LogP contribution in [-0.4, -0.2) is 27.5 Å². The van der Waals surface area contributed by atoms with Crippen molar-refractivity contribution in [3.05, 3.63) is 17.5 Å². The topological polar surface area (TPSA) is 58.2 Å². The van der Waals surface area contributed by atoms with Gasteiger partial charge in [-0.3, -0.25) is 0 Å². The highest BCUT2D eigenvalue weighted by atomic mass is 35.5. The molecule has 0 aromatic carbocycles. The lowest BCUT2D eigenvalue weighted by molar-refractivity contribution is 0.553. The number of thiophene rings is 1. The highest BCUT2D eigenvalue weighted by Crippen LogP contribution is 2.15. The molecular weight excluding hydrogens is 268 g/mol. The van der Waals surface area contributed by atoms with Gasteiger partial charge in [0.25, 0.3) is 0 Å². The third-order valence-corrected chi connectivity index (χ3v) is 5.26. The van der Waals surface area contributed by atoms with Crippen LogP contribution in [0.5, 0.6) is 0 Å². The number of halogens is 1. The molecule has 1 aromatic rings. The van der Waals surface area contributed by atoms with Gasteiger partial charge in [0.1, 0.15) is 4.21 Å². The molecule has 4 nitrogen and oxygen atoms in total. The molecule has 0 bridgehead atoms. The van der Waals surface area contributed by atoms with E-state index in [-0.39, 0.29) is 12.4 Å². The maximum Gasteiger partial charge on any atom is 0.250 e. The lowest BCUT2D eigenvalue weighted by Gasteiger charge is -2.10. The average Bonchev–Trinajstić information content (AvgIpc) is 2.88. The number of nitrogens with one attached hydrogen (secondary N) is 2. The zero-order valence-electron chi connectivity index (χ0n) is 8.68. The molecule has 0 saturated carbocycles. The fourth-order valence-electron chi connectivity index (χ4n) is 1.63. The fraction of sp³-hybridized carbons (Fsp3) is 0.556. The maximum atomic E-state index is 11.7. The summed E-state index contributed by atoms with van der Waals surface area (Å²) in [6, 6.07) is 3.65. The monoisotopic (exact) mass is 282 g/mol. The molecule has 92 valence electrons. The van der Waals surface area contributed by atoms with Crippen molar-refractivity contribution in [3.63, 3.8) is 0 Å². The highest BCUT2D eigenvalue weighted by molar-refractivity contribution is 7.91. The van der Waals surface area contributed by atoms with Gasteiger partial charge in [0.05, 0.1) is 0 Å². The molecule has 1 aliphatic heterocycles. The zero-order valence-corrected chi connectivity index (χ0v) is 11.1. The molecule has 0 aliphatic carbocycles. The van der Waals surface area contributed by atoms with Gasteiger partial charge in [-0.1, -0.05) is 6.07 Å². The Kier molecular flexibility index (Phi) is 5.20. The second-order valence-corrected chi connectivity index (χ2v) is 6.52. The van der Waals surface area contributed by atoms with Crippen molar-refractivity contribution in [2.75, 3.05) is 13.1 Å². The van der Waals surface area contributed by atoms with Crippen LogP contribution >= 0.6 is 23.7 Å². The van der Waals surface area contributed by atoms with Crippen molar-refractivity contribution in [1.82, 2.24) is 10.0 Å². The largest absolute Gasteiger partial charge is 0.313 e. The van der Waals surface area contributed by atoms with E-state index >= 15 is 0 Å². The molecule has 1 saturated heterocycles. The number of hydrogen-bond donors (Lipinski definition) is 2. The maximum absolute atomic E-state index is 11.7. The molecule has 0 radical (unpaired) electrons. The molecule has 0 spiro atoms. The number of hydrogen-bond acceptors (Lipinski definition) is 4. The van der Waals surface area contributed by atoms with Gasteiger partial charge in [0, 0.05) is 12.6 Å². The van der Waals surface area contributed by atoms with Crippen LogP contribution in [0.25, 0.3) is 0 Å². The molecule has 1 atom stereocenters. The first-order chi connectivity index (χ1) is 7.18. The van der Waals surface area contributed by atoms with E-state index in [1.54, 1.807) is 17.5 Å². The Labute approximate surface area is 106 Å². The summed E-state index contributed by atoms with van der Waals surface area (Å²) >= 11 is 1.24. The van der Waals surface area contributed by atoms with E-state index in [1.807, 2.05) is 0 Å². The van der Waals surface area contributed by atoms with Crippen LogP contribution in [0.1, 0.15) is 12.8 Å². The molecular formula is C9H15ClN2O2S2. The summed E-state index contributed by atoms with van der Waals surface area (Å²) in [5.41, 5.74) is 0. The third-order valence-electron chi connectivity index (χ3n) is 2.44. The van der Waals surface area contributed by atoms with Crippen LogP contribution in [0, 0.1) is 0 Å². The van der Waals surface area contributed by atoms with Crippen molar-refractivity contribution in [3.8, 4) is 0 Å². The number of sulfonamides is 1. The minimum Gasteiger partial charge on any atom is -0.313 e. The Bertz CT molecular complexity index is 399.